The third kappa shape index (κ3) is 7.20. The van der Waals surface area contributed by atoms with Crippen LogP contribution in [0.25, 0.3) is 0 Å². The van der Waals surface area contributed by atoms with Crippen molar-refractivity contribution in [2.75, 3.05) is 12.4 Å². The SMILES string of the molecule is COc1ccc(NC(=S)N[C@@H](NC(=O)C(c2ccccc2)c2ccccc2)C(Cl)(Cl)Cl)c([N+](=O)[O-])c1. The average Bonchev–Trinajstić information content (AvgIpc) is 2.84. The first-order valence-electron chi connectivity index (χ1n) is 10.5. The van der Waals surface area contributed by atoms with Crippen molar-refractivity contribution < 1.29 is 14.5 Å². The molecule has 0 aliphatic heterocycles. The van der Waals surface area contributed by atoms with Crippen molar-refractivity contribution in [3.05, 3.63) is 100 Å². The zero-order valence-electron chi connectivity index (χ0n) is 18.8. The standard InChI is InChI=1S/C24H21Cl3N4O4S/c1-35-17-12-13-18(19(14-17)31(33)34)28-23(36)30-22(24(25,26)27)29-21(32)20(15-8-4-2-5-9-15)16-10-6-3-7-11-16/h2-14,20,22H,1H3,(H,29,32)(H2,28,30,36)/t22-/m1/s1. The van der Waals surface area contributed by atoms with Crippen LogP contribution in [0.5, 0.6) is 5.75 Å². The highest BCUT2D eigenvalue weighted by Crippen LogP contribution is 2.32. The van der Waals surface area contributed by atoms with E-state index in [0.717, 1.165) is 11.1 Å². The lowest BCUT2D eigenvalue weighted by atomic mass is 9.90. The molecule has 3 aromatic rings. The van der Waals surface area contributed by atoms with Gasteiger partial charge in [-0.1, -0.05) is 95.5 Å². The maximum absolute atomic E-state index is 13.5. The molecule has 0 radical (unpaired) electrons. The lowest BCUT2D eigenvalue weighted by molar-refractivity contribution is -0.384. The molecule has 0 heterocycles. The fourth-order valence-electron chi connectivity index (χ4n) is 3.40. The second kappa shape index (κ2) is 12.2. The minimum absolute atomic E-state index is 0.0825. The number of ether oxygens (including phenoxy) is 1. The monoisotopic (exact) mass is 566 g/mol. The van der Waals surface area contributed by atoms with Crippen molar-refractivity contribution in [1.82, 2.24) is 10.6 Å². The summed E-state index contributed by atoms with van der Waals surface area (Å²) < 4.78 is 3.01. The number of carbonyl (C=O) groups excluding carboxylic acids is 1. The number of benzene rings is 3. The highest BCUT2D eigenvalue weighted by Gasteiger charge is 2.37. The van der Waals surface area contributed by atoms with Crippen LogP contribution in [-0.2, 0) is 4.79 Å². The predicted octanol–water partition coefficient (Wildman–Crippen LogP) is 5.53. The topological polar surface area (TPSA) is 106 Å². The number of anilines is 1. The predicted molar refractivity (Wildman–Crippen MR) is 146 cm³/mol. The van der Waals surface area contributed by atoms with Crippen molar-refractivity contribution in [3.63, 3.8) is 0 Å². The number of nitrogens with one attached hydrogen (secondary N) is 3. The maximum atomic E-state index is 13.5. The van der Waals surface area contributed by atoms with Gasteiger partial charge in [0.1, 0.15) is 17.6 Å². The minimum Gasteiger partial charge on any atom is -0.496 e. The van der Waals surface area contributed by atoms with Crippen LogP contribution in [0, 0.1) is 10.1 Å². The molecule has 8 nitrogen and oxygen atoms in total. The summed E-state index contributed by atoms with van der Waals surface area (Å²) in [6.07, 6.45) is -1.28. The van der Waals surface area contributed by atoms with Gasteiger partial charge in [-0.2, -0.15) is 0 Å². The van der Waals surface area contributed by atoms with E-state index in [1.54, 1.807) is 0 Å². The Balaban J connectivity index is 1.83. The van der Waals surface area contributed by atoms with E-state index in [4.69, 9.17) is 51.8 Å². The van der Waals surface area contributed by atoms with Crippen molar-refractivity contribution in [2.45, 2.75) is 15.9 Å². The molecular weight excluding hydrogens is 547 g/mol. The Labute approximate surface area is 228 Å². The third-order valence-corrected chi connectivity index (χ3v) is 5.94. The van der Waals surface area contributed by atoms with Crippen LogP contribution in [-0.4, -0.2) is 33.0 Å². The zero-order chi connectivity index (χ0) is 26.3. The largest absolute Gasteiger partial charge is 0.496 e. The van der Waals surface area contributed by atoms with Crippen LogP contribution < -0.4 is 20.7 Å². The Bertz CT molecular complexity index is 1190. The highest BCUT2D eigenvalue weighted by molar-refractivity contribution is 7.80. The first-order chi connectivity index (χ1) is 17.1. The Morgan fingerprint density at radius 2 is 1.53 bits per heavy atom. The van der Waals surface area contributed by atoms with Gasteiger partial charge in [0, 0.05) is 0 Å². The molecule has 0 spiro atoms. The molecule has 12 heteroatoms. The van der Waals surface area contributed by atoms with Crippen LogP contribution in [0.2, 0.25) is 0 Å². The first-order valence-corrected chi connectivity index (χ1v) is 12.0. The minimum atomic E-state index is -2.02. The summed E-state index contributed by atoms with van der Waals surface area (Å²) in [7, 11) is 1.39. The average molecular weight is 568 g/mol. The van der Waals surface area contributed by atoms with Crippen LogP contribution >= 0.6 is 47.0 Å². The first kappa shape index (κ1) is 27.5. The summed E-state index contributed by atoms with van der Waals surface area (Å²) in [6, 6.07) is 22.5. The van der Waals surface area contributed by atoms with E-state index in [1.165, 1.54) is 25.3 Å². The summed E-state index contributed by atoms with van der Waals surface area (Å²) in [5.74, 6) is -0.854. The Morgan fingerprint density at radius 1 is 0.972 bits per heavy atom. The maximum Gasteiger partial charge on any atom is 0.296 e. The van der Waals surface area contributed by atoms with Crippen molar-refractivity contribution in [3.8, 4) is 5.75 Å². The molecule has 0 bridgehead atoms. The summed E-state index contributed by atoms with van der Waals surface area (Å²) >= 11 is 23.7. The van der Waals surface area contributed by atoms with Gasteiger partial charge in [-0.05, 0) is 35.5 Å². The van der Waals surface area contributed by atoms with Crippen molar-refractivity contribution in [1.29, 1.82) is 0 Å². The van der Waals surface area contributed by atoms with Crippen molar-refractivity contribution in [2.24, 2.45) is 0 Å². The van der Waals surface area contributed by atoms with E-state index in [9.17, 15) is 14.9 Å². The number of hydrogen-bond acceptors (Lipinski definition) is 5. The number of nitro groups is 1. The number of methoxy groups -OCH3 is 1. The van der Waals surface area contributed by atoms with E-state index in [1.807, 2.05) is 60.7 Å². The van der Waals surface area contributed by atoms with Gasteiger partial charge in [0.15, 0.2) is 5.11 Å². The van der Waals surface area contributed by atoms with Gasteiger partial charge < -0.3 is 20.7 Å². The quantitative estimate of drug-likeness (QED) is 0.108. The molecule has 0 saturated carbocycles. The van der Waals surface area contributed by atoms with E-state index in [0.29, 0.717) is 5.75 Å². The summed E-state index contributed by atoms with van der Waals surface area (Å²) in [6.45, 7) is 0. The Kier molecular flexibility index (Phi) is 9.33. The molecule has 0 aliphatic rings. The lowest BCUT2D eigenvalue weighted by Gasteiger charge is -2.29. The number of nitrogens with zero attached hydrogens (tertiary/aromatic N) is 1. The Hall–Kier alpha value is -3.11. The molecule has 1 amide bonds. The van der Waals surface area contributed by atoms with Gasteiger partial charge in [0.05, 0.1) is 24.0 Å². The normalized spacial score (nSPS) is 11.9. The molecule has 0 aliphatic carbocycles. The van der Waals surface area contributed by atoms with Crippen LogP contribution in [0.1, 0.15) is 17.0 Å². The van der Waals surface area contributed by atoms with E-state index >= 15 is 0 Å². The molecule has 3 N–H and O–H groups in total. The smallest absolute Gasteiger partial charge is 0.296 e. The second-order valence-electron chi connectivity index (χ2n) is 7.48. The molecule has 1 atom stereocenters. The third-order valence-electron chi connectivity index (χ3n) is 5.07. The molecule has 0 saturated heterocycles. The van der Waals surface area contributed by atoms with Gasteiger partial charge in [-0.25, -0.2) is 0 Å². The van der Waals surface area contributed by atoms with Gasteiger partial charge in [0.25, 0.3) is 5.69 Å². The van der Waals surface area contributed by atoms with Gasteiger partial charge in [0.2, 0.25) is 9.70 Å². The van der Waals surface area contributed by atoms with Crippen LogP contribution in [0.15, 0.2) is 78.9 Å². The molecular formula is C24H21Cl3N4O4S. The molecule has 3 rings (SSSR count). The lowest BCUT2D eigenvalue weighted by Crippen LogP contribution is -2.57. The number of alkyl halides is 3. The summed E-state index contributed by atoms with van der Waals surface area (Å²) in [4.78, 5) is 24.3. The van der Waals surface area contributed by atoms with Gasteiger partial charge >= 0.3 is 0 Å². The molecule has 0 aromatic heterocycles. The Morgan fingerprint density at radius 3 is 2.00 bits per heavy atom. The number of halogens is 3. The number of hydrogen-bond donors (Lipinski definition) is 3. The summed E-state index contributed by atoms with van der Waals surface area (Å²) in [5.41, 5.74) is 1.28. The number of nitro benzene ring substituents is 1. The fraction of sp³-hybridized carbons (Fsp3) is 0.167. The van der Waals surface area contributed by atoms with E-state index < -0.39 is 26.7 Å². The van der Waals surface area contributed by atoms with Gasteiger partial charge in [-0.15, -0.1) is 0 Å². The van der Waals surface area contributed by atoms with Gasteiger partial charge in [-0.3, -0.25) is 14.9 Å². The number of carbonyl (C=O) groups is 1. The van der Waals surface area contributed by atoms with E-state index in [2.05, 4.69) is 16.0 Å². The van der Waals surface area contributed by atoms with Crippen LogP contribution in [0.3, 0.4) is 0 Å². The second-order valence-corrected chi connectivity index (χ2v) is 10.3. The van der Waals surface area contributed by atoms with Crippen molar-refractivity contribution >= 4 is 69.4 Å². The number of rotatable bonds is 8. The molecule has 0 fully saturated rings. The fourth-order valence-corrected chi connectivity index (χ4v) is 3.95. The molecule has 36 heavy (non-hydrogen) atoms. The number of amides is 1. The zero-order valence-corrected chi connectivity index (χ0v) is 21.9. The highest BCUT2D eigenvalue weighted by atomic mass is 35.6. The van der Waals surface area contributed by atoms with Crippen LogP contribution in [0.4, 0.5) is 11.4 Å². The summed E-state index contributed by atoms with van der Waals surface area (Å²) in [5, 5.41) is 19.5. The number of thiocarbonyl (C=S) groups is 1. The van der Waals surface area contributed by atoms with E-state index in [-0.39, 0.29) is 16.5 Å². The molecule has 188 valence electrons. The molecule has 0 unspecified atom stereocenters. The molecule has 3 aromatic carbocycles.